The Morgan fingerprint density at radius 1 is 1.19 bits per heavy atom. The third kappa shape index (κ3) is 9.60. The van der Waals surface area contributed by atoms with Gasteiger partial charge in [-0.3, -0.25) is 14.4 Å². The second-order valence-corrected chi connectivity index (χ2v) is 7.27. The highest BCUT2D eigenvalue weighted by molar-refractivity contribution is 5.76. The van der Waals surface area contributed by atoms with Gasteiger partial charge in [0.05, 0.1) is 5.92 Å². The molecule has 11 nitrogen and oxygen atoms in total. The van der Waals surface area contributed by atoms with Gasteiger partial charge in [-0.05, 0) is 38.6 Å². The molecule has 0 spiro atoms. The molecule has 1 amide bonds. The summed E-state index contributed by atoms with van der Waals surface area (Å²) in [4.78, 5) is 42.1. The molecule has 11 heteroatoms. The Hall–Kier alpha value is -2.95. The van der Waals surface area contributed by atoms with Crippen molar-refractivity contribution >= 4 is 30.6 Å². The van der Waals surface area contributed by atoms with E-state index in [0.29, 0.717) is 0 Å². The zero-order chi connectivity index (χ0) is 23.1. The predicted molar refractivity (Wildman–Crippen MR) is 117 cm³/mol. The minimum absolute atomic E-state index is 0.00117. The molecular formula is C20H34N6O5. The molecule has 5 N–H and O–H groups in total. The summed E-state index contributed by atoms with van der Waals surface area (Å²) in [5.74, 6) is 1.58. The quantitative estimate of drug-likeness (QED) is 0.445. The van der Waals surface area contributed by atoms with Crippen molar-refractivity contribution in [2.24, 2.45) is 11.7 Å². The molecule has 174 valence electrons. The minimum atomic E-state index is -0.250. The van der Waals surface area contributed by atoms with Crippen LogP contribution < -0.4 is 16.0 Å². The van der Waals surface area contributed by atoms with Gasteiger partial charge in [0.1, 0.15) is 5.82 Å². The van der Waals surface area contributed by atoms with Crippen molar-refractivity contribution in [3.63, 3.8) is 0 Å². The number of amides is 1. The molecule has 2 fully saturated rings. The van der Waals surface area contributed by atoms with Crippen LogP contribution in [0.3, 0.4) is 0 Å². The number of anilines is 2. The summed E-state index contributed by atoms with van der Waals surface area (Å²) in [6, 6.07) is 2.04. The number of nitrogens with two attached hydrogens (primary N) is 1. The van der Waals surface area contributed by atoms with E-state index in [-0.39, 0.29) is 24.8 Å². The van der Waals surface area contributed by atoms with Gasteiger partial charge in [-0.1, -0.05) is 6.92 Å². The maximum absolute atomic E-state index is 11.4. The largest absolute Gasteiger partial charge is 0.483 e. The molecule has 2 aliphatic heterocycles. The first kappa shape index (κ1) is 26.1. The third-order valence-electron chi connectivity index (χ3n) is 5.16. The molecular weight excluding hydrogens is 404 g/mol. The molecule has 0 saturated carbocycles. The number of carboxylic acid groups (broad SMARTS) is 2. The van der Waals surface area contributed by atoms with E-state index in [0.717, 1.165) is 76.0 Å². The minimum Gasteiger partial charge on any atom is -0.483 e. The number of carbonyl (C=O) groups is 3. The number of nitrogens with zero attached hydrogens (tertiary/aromatic N) is 4. The van der Waals surface area contributed by atoms with Crippen LogP contribution in [0.1, 0.15) is 38.3 Å². The van der Waals surface area contributed by atoms with E-state index in [4.69, 9.17) is 30.5 Å². The lowest BCUT2D eigenvalue weighted by molar-refractivity contribution is -0.124. The van der Waals surface area contributed by atoms with Gasteiger partial charge in [-0.2, -0.15) is 4.98 Å². The summed E-state index contributed by atoms with van der Waals surface area (Å²) >= 11 is 0. The summed E-state index contributed by atoms with van der Waals surface area (Å²) < 4.78 is 0. The number of aryl methyl sites for hydroxylation is 1. The number of nitrogens with one attached hydrogen (secondary N) is 1. The molecule has 0 radical (unpaired) electrons. The molecule has 1 aromatic heterocycles. The van der Waals surface area contributed by atoms with E-state index >= 15 is 0 Å². The van der Waals surface area contributed by atoms with Crippen molar-refractivity contribution in [1.29, 1.82) is 0 Å². The van der Waals surface area contributed by atoms with Crippen molar-refractivity contribution in [2.45, 2.75) is 39.0 Å². The Balaban J connectivity index is 0.000000720. The van der Waals surface area contributed by atoms with Gasteiger partial charge < -0.3 is 31.1 Å². The van der Waals surface area contributed by atoms with Gasteiger partial charge in [0, 0.05) is 44.5 Å². The smallest absolute Gasteiger partial charge is 0.290 e. The standard InChI is InChI=1S/C18H30N6O.2CH2O2/c1-2-15-12-16(22-18(21-15)24-9-3-4-10-24)20-7-11-23-8-5-6-14(13-23)17(19)25;2*2-1-3/h12,14H,2-11,13H2,1H3,(H2,19,25)(H,20,21,22);2*1H,(H,2,3). The summed E-state index contributed by atoms with van der Waals surface area (Å²) in [5, 5.41) is 17.2. The Kier molecular flexibility index (Phi) is 12.6. The van der Waals surface area contributed by atoms with Crippen LogP contribution in [0.25, 0.3) is 0 Å². The monoisotopic (exact) mass is 438 g/mol. The lowest BCUT2D eigenvalue weighted by Crippen LogP contribution is -2.42. The SMILES string of the molecule is CCc1cc(NCCN2CCCC(C(N)=O)C2)nc(N2CCCC2)n1.O=CO.O=CO. The van der Waals surface area contributed by atoms with E-state index < -0.39 is 0 Å². The Morgan fingerprint density at radius 3 is 2.42 bits per heavy atom. The van der Waals surface area contributed by atoms with Crippen LogP contribution in [0.15, 0.2) is 6.07 Å². The molecule has 0 bridgehead atoms. The Morgan fingerprint density at radius 2 is 1.84 bits per heavy atom. The zero-order valence-corrected chi connectivity index (χ0v) is 18.1. The van der Waals surface area contributed by atoms with Gasteiger partial charge in [0.25, 0.3) is 12.9 Å². The molecule has 2 saturated heterocycles. The predicted octanol–water partition coefficient (Wildman–Crippen LogP) is 0.650. The van der Waals surface area contributed by atoms with E-state index in [1.807, 2.05) is 6.07 Å². The van der Waals surface area contributed by atoms with Crippen LogP contribution in [-0.2, 0) is 20.8 Å². The fourth-order valence-corrected chi connectivity index (χ4v) is 3.65. The Labute approximate surface area is 182 Å². The first-order valence-electron chi connectivity index (χ1n) is 10.5. The van der Waals surface area contributed by atoms with Crippen molar-refractivity contribution in [1.82, 2.24) is 14.9 Å². The number of likely N-dealkylation sites (tertiary alicyclic amines) is 1. The lowest BCUT2D eigenvalue weighted by Gasteiger charge is -2.31. The van der Waals surface area contributed by atoms with Crippen LogP contribution in [0, 0.1) is 5.92 Å². The third-order valence-corrected chi connectivity index (χ3v) is 5.16. The zero-order valence-electron chi connectivity index (χ0n) is 18.1. The van der Waals surface area contributed by atoms with Crippen LogP contribution in [-0.4, -0.2) is 83.2 Å². The fraction of sp³-hybridized carbons (Fsp3) is 0.650. The first-order chi connectivity index (χ1) is 15.0. The number of carbonyl (C=O) groups excluding carboxylic acids is 1. The molecule has 3 heterocycles. The second-order valence-electron chi connectivity index (χ2n) is 7.27. The highest BCUT2D eigenvalue weighted by Gasteiger charge is 2.23. The number of hydrogen-bond acceptors (Lipinski definition) is 8. The maximum Gasteiger partial charge on any atom is 0.290 e. The average Bonchev–Trinajstić information content (AvgIpc) is 3.30. The Bertz CT molecular complexity index is 678. The van der Waals surface area contributed by atoms with Crippen LogP contribution in [0.2, 0.25) is 0 Å². The molecule has 3 rings (SSSR count). The van der Waals surface area contributed by atoms with Crippen molar-refractivity contribution in [3.8, 4) is 0 Å². The number of piperidine rings is 1. The summed E-state index contributed by atoms with van der Waals surface area (Å²) in [5.41, 5.74) is 6.53. The molecule has 1 unspecified atom stereocenters. The van der Waals surface area contributed by atoms with Gasteiger partial charge in [0.2, 0.25) is 11.9 Å². The maximum atomic E-state index is 11.4. The fourth-order valence-electron chi connectivity index (χ4n) is 3.65. The van der Waals surface area contributed by atoms with Crippen LogP contribution in [0.5, 0.6) is 0 Å². The second kappa shape index (κ2) is 14.9. The molecule has 0 aliphatic carbocycles. The normalized spacial score (nSPS) is 18.1. The highest BCUT2D eigenvalue weighted by Crippen LogP contribution is 2.19. The number of rotatable bonds is 7. The van der Waals surface area contributed by atoms with Gasteiger partial charge in [-0.15, -0.1) is 0 Å². The molecule has 2 aliphatic rings. The van der Waals surface area contributed by atoms with Crippen molar-refractivity contribution in [2.75, 3.05) is 49.5 Å². The topological polar surface area (TPSA) is 162 Å². The molecule has 1 aromatic rings. The van der Waals surface area contributed by atoms with E-state index in [1.165, 1.54) is 12.8 Å². The molecule has 0 aromatic carbocycles. The van der Waals surface area contributed by atoms with Gasteiger partial charge >= 0.3 is 0 Å². The van der Waals surface area contributed by atoms with Crippen molar-refractivity contribution < 1.29 is 24.6 Å². The number of aromatic nitrogens is 2. The van der Waals surface area contributed by atoms with Gasteiger partial charge in [0.15, 0.2) is 0 Å². The van der Waals surface area contributed by atoms with Crippen LogP contribution in [0.4, 0.5) is 11.8 Å². The van der Waals surface area contributed by atoms with Gasteiger partial charge in [-0.25, -0.2) is 4.98 Å². The summed E-state index contributed by atoms with van der Waals surface area (Å²) in [6.45, 7) is 7.25. The molecule has 31 heavy (non-hydrogen) atoms. The lowest BCUT2D eigenvalue weighted by atomic mass is 9.97. The van der Waals surface area contributed by atoms with E-state index in [2.05, 4.69) is 27.0 Å². The molecule has 1 atom stereocenters. The average molecular weight is 439 g/mol. The summed E-state index contributed by atoms with van der Waals surface area (Å²) in [7, 11) is 0. The van der Waals surface area contributed by atoms with Crippen LogP contribution >= 0.6 is 0 Å². The first-order valence-corrected chi connectivity index (χ1v) is 10.5. The number of hydrogen-bond donors (Lipinski definition) is 4. The highest BCUT2D eigenvalue weighted by atomic mass is 16.3. The number of primary amides is 1. The van der Waals surface area contributed by atoms with E-state index in [1.54, 1.807) is 0 Å². The van der Waals surface area contributed by atoms with E-state index in [9.17, 15) is 4.79 Å². The van der Waals surface area contributed by atoms with Crippen molar-refractivity contribution in [3.05, 3.63) is 11.8 Å². The summed E-state index contributed by atoms with van der Waals surface area (Å²) in [6.07, 6.45) is 5.31.